The molecule has 1 saturated heterocycles. The van der Waals surface area contributed by atoms with Crippen LogP contribution in [0.15, 0.2) is 64.0 Å². The predicted octanol–water partition coefficient (Wildman–Crippen LogP) is 5.01. The van der Waals surface area contributed by atoms with Crippen molar-refractivity contribution in [3.8, 4) is 5.75 Å². The Bertz CT molecular complexity index is 1490. The molecule has 0 aromatic heterocycles. The summed E-state index contributed by atoms with van der Waals surface area (Å²) < 4.78 is 65.2. The zero-order valence-corrected chi connectivity index (χ0v) is 23.6. The van der Waals surface area contributed by atoms with Crippen molar-refractivity contribution in [2.75, 3.05) is 13.1 Å². The van der Waals surface area contributed by atoms with Crippen molar-refractivity contribution in [1.82, 2.24) is 4.90 Å². The molecule has 1 aliphatic heterocycles. The Balaban J connectivity index is 1.72. The number of halogens is 3. The smallest absolute Gasteiger partial charge is 0.288 e. The van der Waals surface area contributed by atoms with Crippen molar-refractivity contribution in [2.24, 2.45) is 10.9 Å². The van der Waals surface area contributed by atoms with Crippen LogP contribution in [0.25, 0.3) is 10.8 Å². The molecule has 11 heteroatoms. The van der Waals surface area contributed by atoms with Crippen molar-refractivity contribution in [1.29, 1.82) is 0 Å². The molecule has 39 heavy (non-hydrogen) atoms. The second-order valence-electron chi connectivity index (χ2n) is 10.3. The molecular formula is C28H30BrF2N3O4S. The third-order valence-electron chi connectivity index (χ3n) is 7.57. The van der Waals surface area contributed by atoms with Crippen LogP contribution in [0.4, 0.5) is 8.78 Å². The van der Waals surface area contributed by atoms with Crippen LogP contribution < -0.4 is 15.6 Å². The van der Waals surface area contributed by atoms with Gasteiger partial charge in [0.05, 0.1) is 11.0 Å². The predicted molar refractivity (Wildman–Crippen MR) is 148 cm³/mol. The van der Waals surface area contributed by atoms with E-state index in [0.717, 1.165) is 25.7 Å². The lowest BCUT2D eigenvalue weighted by Crippen LogP contribution is -2.42. The Morgan fingerprint density at radius 3 is 2.36 bits per heavy atom. The quantitative estimate of drug-likeness (QED) is 0.385. The van der Waals surface area contributed by atoms with Gasteiger partial charge in [-0.15, -0.1) is 0 Å². The first kappa shape index (κ1) is 27.9. The molecule has 208 valence electrons. The largest absolute Gasteiger partial charge is 0.490 e. The molecule has 2 atom stereocenters. The number of primary sulfonamides is 1. The van der Waals surface area contributed by atoms with E-state index in [-0.39, 0.29) is 36.2 Å². The van der Waals surface area contributed by atoms with Gasteiger partial charge >= 0.3 is 0 Å². The van der Waals surface area contributed by atoms with Crippen molar-refractivity contribution in [2.45, 2.75) is 61.0 Å². The van der Waals surface area contributed by atoms with E-state index in [1.165, 1.54) is 47.4 Å². The Hall–Kier alpha value is -2.60. The molecule has 4 N–H and O–H groups in total. The van der Waals surface area contributed by atoms with Gasteiger partial charge in [-0.05, 0) is 78.8 Å². The van der Waals surface area contributed by atoms with Gasteiger partial charge in [-0.25, -0.2) is 22.3 Å². The maximum absolute atomic E-state index is 16.5. The number of nitrogens with two attached hydrogens (primary N) is 2. The highest BCUT2D eigenvalue weighted by Gasteiger charge is 2.51. The number of ether oxygens (including phenoxy) is 1. The van der Waals surface area contributed by atoms with Crippen molar-refractivity contribution in [3.05, 3.63) is 70.2 Å². The average Bonchev–Trinajstić information content (AvgIpc) is 3.55. The van der Waals surface area contributed by atoms with Gasteiger partial charge in [0.25, 0.3) is 5.92 Å². The maximum atomic E-state index is 16.5. The van der Waals surface area contributed by atoms with Crippen LogP contribution in [0, 0.1) is 0 Å². The number of carbonyl (C=O) groups excluding carboxylic acids is 1. The first-order valence-electron chi connectivity index (χ1n) is 12.9. The normalized spacial score (nSPS) is 19.5. The summed E-state index contributed by atoms with van der Waals surface area (Å²) in [6.07, 6.45) is 4.55. The van der Waals surface area contributed by atoms with E-state index in [4.69, 9.17) is 15.6 Å². The zero-order chi connectivity index (χ0) is 27.9. The Morgan fingerprint density at radius 2 is 1.74 bits per heavy atom. The monoisotopic (exact) mass is 621 g/mol. The average molecular weight is 623 g/mol. The van der Waals surface area contributed by atoms with Crippen LogP contribution in [0.5, 0.6) is 5.75 Å². The fraction of sp³-hybridized carbons (Fsp3) is 0.393. The Labute approximate surface area is 234 Å². The molecule has 5 rings (SSSR count). The van der Waals surface area contributed by atoms with Gasteiger partial charge in [0.2, 0.25) is 15.9 Å². The van der Waals surface area contributed by atoms with Crippen molar-refractivity contribution < 1.29 is 26.7 Å². The SMILES string of the molecule is N[C@H]1CCN(C(=O)[C@H](c2c(S(N)(=O)=O)ccc3cc(OC4CCCC4)ccc23)C(F)(F)c2ccc(Br)cc2)C1. The number of fused-ring (bicyclic) bond motifs is 1. The summed E-state index contributed by atoms with van der Waals surface area (Å²) in [6.45, 7) is 0.294. The van der Waals surface area contributed by atoms with Crippen LogP contribution in [-0.4, -0.2) is 44.5 Å². The fourth-order valence-corrected chi connectivity index (χ4v) is 6.65. The van der Waals surface area contributed by atoms with E-state index in [1.54, 1.807) is 12.1 Å². The zero-order valence-electron chi connectivity index (χ0n) is 21.2. The van der Waals surface area contributed by atoms with Crippen LogP contribution in [-0.2, 0) is 20.7 Å². The maximum Gasteiger partial charge on any atom is 0.288 e. The summed E-state index contributed by atoms with van der Waals surface area (Å²) in [6, 6.07) is 12.5. The second kappa shape index (κ2) is 10.8. The Kier molecular flexibility index (Phi) is 7.71. The molecular weight excluding hydrogens is 592 g/mol. The highest BCUT2D eigenvalue weighted by molar-refractivity contribution is 9.10. The van der Waals surface area contributed by atoms with E-state index < -0.39 is 38.2 Å². The third-order valence-corrected chi connectivity index (χ3v) is 9.07. The molecule has 1 heterocycles. The number of benzene rings is 3. The molecule has 3 aromatic rings. The molecule has 3 aromatic carbocycles. The number of carbonyl (C=O) groups is 1. The fourth-order valence-electron chi connectivity index (χ4n) is 5.60. The first-order valence-corrected chi connectivity index (χ1v) is 15.2. The summed E-state index contributed by atoms with van der Waals surface area (Å²) in [5.41, 5.74) is 5.24. The minimum Gasteiger partial charge on any atom is -0.490 e. The molecule has 1 saturated carbocycles. The molecule has 1 amide bonds. The molecule has 2 fully saturated rings. The molecule has 2 aliphatic rings. The van der Waals surface area contributed by atoms with Gasteiger partial charge in [-0.3, -0.25) is 4.79 Å². The minimum atomic E-state index is -4.48. The summed E-state index contributed by atoms with van der Waals surface area (Å²) in [4.78, 5) is 14.7. The first-order chi connectivity index (χ1) is 18.4. The number of hydrogen-bond acceptors (Lipinski definition) is 5. The summed E-state index contributed by atoms with van der Waals surface area (Å²) in [5.74, 6) is -6.30. The highest BCUT2D eigenvalue weighted by Crippen LogP contribution is 2.48. The summed E-state index contributed by atoms with van der Waals surface area (Å²) in [5, 5.41) is 6.22. The molecule has 1 aliphatic carbocycles. The second-order valence-corrected chi connectivity index (χ2v) is 12.8. The number of rotatable bonds is 7. The van der Waals surface area contributed by atoms with Gasteiger partial charge in [-0.2, -0.15) is 0 Å². The van der Waals surface area contributed by atoms with E-state index in [0.29, 0.717) is 22.0 Å². The topological polar surface area (TPSA) is 116 Å². The van der Waals surface area contributed by atoms with Crippen LogP contribution in [0.2, 0.25) is 0 Å². The third kappa shape index (κ3) is 5.68. The summed E-state index contributed by atoms with van der Waals surface area (Å²) >= 11 is 3.25. The Morgan fingerprint density at radius 1 is 1.05 bits per heavy atom. The number of sulfonamides is 1. The lowest BCUT2D eigenvalue weighted by molar-refractivity contribution is -0.143. The number of likely N-dealkylation sites (tertiary alicyclic amines) is 1. The number of nitrogens with zero attached hydrogens (tertiary/aromatic N) is 1. The van der Waals surface area contributed by atoms with Crippen molar-refractivity contribution >= 4 is 42.6 Å². The lowest BCUT2D eigenvalue weighted by Gasteiger charge is -2.32. The van der Waals surface area contributed by atoms with Gasteiger partial charge < -0.3 is 15.4 Å². The number of alkyl halides is 2. The van der Waals surface area contributed by atoms with E-state index >= 15 is 8.78 Å². The molecule has 0 unspecified atom stereocenters. The minimum absolute atomic E-state index is 0.0704. The summed E-state index contributed by atoms with van der Waals surface area (Å²) in [7, 11) is -4.48. The molecule has 0 bridgehead atoms. The van der Waals surface area contributed by atoms with Gasteiger partial charge in [0, 0.05) is 29.2 Å². The molecule has 0 spiro atoms. The van der Waals surface area contributed by atoms with Gasteiger partial charge in [0.15, 0.2) is 0 Å². The standard InChI is InChI=1S/C28H30BrF2N3O4S/c29-19-8-6-18(7-9-19)28(30,31)26(27(35)34-14-13-20(32)16-34)25-23-11-10-22(38-21-3-1-2-4-21)15-17(23)5-12-24(25)39(33,36)37/h5-12,15,20-21,26H,1-4,13-14,16,32H2,(H2,33,36,37)/t20-,26-/m0/s1. The van der Waals surface area contributed by atoms with Crippen molar-refractivity contribution in [3.63, 3.8) is 0 Å². The van der Waals surface area contributed by atoms with Gasteiger partial charge in [0.1, 0.15) is 11.7 Å². The van der Waals surface area contributed by atoms with Crippen LogP contribution in [0.3, 0.4) is 0 Å². The van der Waals surface area contributed by atoms with E-state index in [9.17, 15) is 13.2 Å². The van der Waals surface area contributed by atoms with E-state index in [1.807, 2.05) is 0 Å². The highest BCUT2D eigenvalue weighted by atomic mass is 79.9. The number of amides is 1. The number of hydrogen-bond donors (Lipinski definition) is 2. The van der Waals surface area contributed by atoms with E-state index in [2.05, 4.69) is 15.9 Å². The molecule has 7 nitrogen and oxygen atoms in total. The lowest BCUT2D eigenvalue weighted by atomic mass is 9.84. The van der Waals surface area contributed by atoms with Gasteiger partial charge in [-0.1, -0.05) is 40.2 Å². The van der Waals surface area contributed by atoms with Crippen LogP contribution in [0.1, 0.15) is 49.1 Å². The molecule has 0 radical (unpaired) electrons. The van der Waals surface area contributed by atoms with Crippen LogP contribution >= 0.6 is 15.9 Å².